The molecule has 3 nitrogen and oxygen atoms in total. The third-order valence-electron chi connectivity index (χ3n) is 1.94. The molecule has 1 atom stereocenters. The van der Waals surface area contributed by atoms with Crippen LogP contribution in [0, 0.1) is 0 Å². The van der Waals surface area contributed by atoms with Crippen LogP contribution < -0.4 is 0 Å². The average Bonchev–Trinajstić information content (AvgIpc) is 2.25. The maximum Gasteiger partial charge on any atom is 0.341 e. The fraction of sp³-hybridized carbons (Fsp3) is 0.222. The summed E-state index contributed by atoms with van der Waals surface area (Å²) in [6, 6.07) is 6.82. The van der Waals surface area contributed by atoms with Crippen LogP contribution in [-0.2, 0) is 10.5 Å². The quantitative estimate of drug-likeness (QED) is 0.582. The van der Waals surface area contributed by atoms with Crippen molar-refractivity contribution in [2.75, 3.05) is 0 Å². The molecule has 1 aliphatic heterocycles. The van der Waals surface area contributed by atoms with Gasteiger partial charge in [-0.25, -0.2) is 4.79 Å². The number of cyclic esters (lactones) is 1. The Bertz CT molecular complexity index is 341. The fourth-order valence-corrected chi connectivity index (χ4v) is 1.36. The lowest BCUT2D eigenvalue weighted by molar-refractivity contribution is -0.147. The number of carbonyl (C=O) groups is 1. The lowest BCUT2D eigenvalue weighted by Gasteiger charge is -2.15. The minimum absolute atomic E-state index is 0.447. The van der Waals surface area contributed by atoms with E-state index in [1.165, 1.54) is 6.92 Å². The summed E-state index contributed by atoms with van der Waals surface area (Å²) < 4.78 is 4.74. The van der Waals surface area contributed by atoms with Crippen molar-refractivity contribution in [3.8, 4) is 0 Å². The SMILES string of the molecule is C[C@@]1(O)OC(=O)c2ccccc21. The van der Waals surface area contributed by atoms with Gasteiger partial charge < -0.3 is 9.84 Å². The lowest BCUT2D eigenvalue weighted by Crippen LogP contribution is -2.20. The number of hydrogen-bond acceptors (Lipinski definition) is 3. The average molecular weight is 164 g/mol. The van der Waals surface area contributed by atoms with Gasteiger partial charge in [-0.05, 0) is 6.07 Å². The second kappa shape index (κ2) is 2.08. The second-order valence-corrected chi connectivity index (χ2v) is 2.92. The number of fused-ring (bicyclic) bond motifs is 1. The van der Waals surface area contributed by atoms with Gasteiger partial charge in [0, 0.05) is 12.5 Å². The minimum Gasteiger partial charge on any atom is -0.425 e. The summed E-state index contributed by atoms with van der Waals surface area (Å²) in [4.78, 5) is 11.1. The van der Waals surface area contributed by atoms with Crippen molar-refractivity contribution >= 4 is 5.97 Å². The van der Waals surface area contributed by atoms with Crippen molar-refractivity contribution in [1.29, 1.82) is 0 Å². The number of benzene rings is 1. The van der Waals surface area contributed by atoms with Crippen molar-refractivity contribution in [3.63, 3.8) is 0 Å². The van der Waals surface area contributed by atoms with Crippen LogP contribution in [-0.4, -0.2) is 11.1 Å². The van der Waals surface area contributed by atoms with Gasteiger partial charge in [0.15, 0.2) is 0 Å². The zero-order valence-electron chi connectivity index (χ0n) is 6.57. The molecule has 0 radical (unpaired) electrons. The van der Waals surface area contributed by atoms with Gasteiger partial charge in [-0.2, -0.15) is 0 Å². The third kappa shape index (κ3) is 0.833. The molecule has 3 heteroatoms. The van der Waals surface area contributed by atoms with Crippen LogP contribution >= 0.6 is 0 Å². The van der Waals surface area contributed by atoms with Gasteiger partial charge in [0.25, 0.3) is 0 Å². The predicted molar refractivity (Wildman–Crippen MR) is 41.4 cm³/mol. The molecule has 1 aromatic carbocycles. The Balaban J connectivity index is 2.66. The van der Waals surface area contributed by atoms with Crippen molar-refractivity contribution < 1.29 is 14.6 Å². The minimum atomic E-state index is -1.45. The highest BCUT2D eigenvalue weighted by Crippen LogP contribution is 2.33. The summed E-state index contributed by atoms with van der Waals surface area (Å²) in [6.45, 7) is 1.46. The maximum absolute atomic E-state index is 11.1. The van der Waals surface area contributed by atoms with Crippen LogP contribution in [0.5, 0.6) is 0 Å². The molecule has 12 heavy (non-hydrogen) atoms. The number of ether oxygens (including phenoxy) is 1. The lowest BCUT2D eigenvalue weighted by atomic mass is 10.0. The summed E-state index contributed by atoms with van der Waals surface area (Å²) in [5.41, 5.74) is 0.984. The van der Waals surface area contributed by atoms with E-state index in [1.54, 1.807) is 24.3 Å². The Morgan fingerprint density at radius 2 is 2.08 bits per heavy atom. The zero-order chi connectivity index (χ0) is 8.77. The monoisotopic (exact) mass is 164 g/mol. The van der Waals surface area contributed by atoms with E-state index in [0.29, 0.717) is 11.1 Å². The molecule has 0 amide bonds. The van der Waals surface area contributed by atoms with Crippen LogP contribution in [0.2, 0.25) is 0 Å². The molecule has 0 unspecified atom stereocenters. The van der Waals surface area contributed by atoms with Gasteiger partial charge in [0.05, 0.1) is 5.56 Å². The molecule has 1 aliphatic rings. The topological polar surface area (TPSA) is 46.5 Å². The highest BCUT2D eigenvalue weighted by Gasteiger charge is 2.39. The first-order valence-corrected chi connectivity index (χ1v) is 3.66. The van der Waals surface area contributed by atoms with Crippen molar-refractivity contribution in [1.82, 2.24) is 0 Å². The van der Waals surface area contributed by atoms with Crippen LogP contribution in [0.4, 0.5) is 0 Å². The first-order valence-electron chi connectivity index (χ1n) is 3.66. The Kier molecular flexibility index (Phi) is 1.26. The van der Waals surface area contributed by atoms with Crippen molar-refractivity contribution in [2.45, 2.75) is 12.7 Å². The molecule has 62 valence electrons. The molecule has 0 saturated carbocycles. The van der Waals surface area contributed by atoms with Crippen LogP contribution in [0.15, 0.2) is 24.3 Å². The predicted octanol–water partition coefficient (Wildman–Crippen LogP) is 1.02. The van der Waals surface area contributed by atoms with E-state index in [1.807, 2.05) is 0 Å². The standard InChI is InChI=1S/C9H8O3/c1-9(11)7-5-3-2-4-6(7)8(10)12-9/h2-5,11H,1H3/t9-/m1/s1. The molecular formula is C9H8O3. The molecule has 1 N–H and O–H groups in total. The third-order valence-corrected chi connectivity index (χ3v) is 1.94. The summed E-state index contributed by atoms with van der Waals surface area (Å²) in [7, 11) is 0. The fourth-order valence-electron chi connectivity index (χ4n) is 1.36. The zero-order valence-corrected chi connectivity index (χ0v) is 6.57. The highest BCUT2D eigenvalue weighted by atomic mass is 16.7. The van der Waals surface area contributed by atoms with E-state index >= 15 is 0 Å². The summed E-state index contributed by atoms with van der Waals surface area (Å²) in [6.07, 6.45) is 0. The molecule has 2 rings (SSSR count). The molecule has 0 saturated heterocycles. The number of hydrogen-bond donors (Lipinski definition) is 1. The molecule has 0 bridgehead atoms. The first-order chi connectivity index (χ1) is 5.61. The van der Waals surface area contributed by atoms with E-state index in [2.05, 4.69) is 0 Å². The smallest absolute Gasteiger partial charge is 0.341 e. The van der Waals surface area contributed by atoms with Crippen LogP contribution in [0.3, 0.4) is 0 Å². The Morgan fingerprint density at radius 1 is 1.42 bits per heavy atom. The molecule has 0 aliphatic carbocycles. The van der Waals surface area contributed by atoms with E-state index in [0.717, 1.165) is 0 Å². The van der Waals surface area contributed by atoms with Gasteiger partial charge in [-0.1, -0.05) is 18.2 Å². The van der Waals surface area contributed by atoms with E-state index in [-0.39, 0.29) is 0 Å². The van der Waals surface area contributed by atoms with Gasteiger partial charge >= 0.3 is 5.97 Å². The van der Waals surface area contributed by atoms with Crippen molar-refractivity contribution in [2.24, 2.45) is 0 Å². The van der Waals surface area contributed by atoms with Crippen LogP contribution in [0.25, 0.3) is 0 Å². The molecule has 1 aromatic rings. The van der Waals surface area contributed by atoms with Gasteiger partial charge in [0.2, 0.25) is 5.79 Å². The molecule has 0 aromatic heterocycles. The van der Waals surface area contributed by atoms with E-state index in [4.69, 9.17) is 4.74 Å². The number of carbonyl (C=O) groups excluding carboxylic acids is 1. The van der Waals surface area contributed by atoms with Gasteiger partial charge in [-0.15, -0.1) is 0 Å². The van der Waals surface area contributed by atoms with E-state index in [9.17, 15) is 9.90 Å². The summed E-state index contributed by atoms with van der Waals surface area (Å²) in [5, 5.41) is 9.57. The molecule has 0 spiro atoms. The van der Waals surface area contributed by atoms with E-state index < -0.39 is 11.8 Å². The summed E-state index contributed by atoms with van der Waals surface area (Å²) in [5.74, 6) is -1.91. The number of aliphatic hydroxyl groups is 1. The maximum atomic E-state index is 11.1. The second-order valence-electron chi connectivity index (χ2n) is 2.92. The largest absolute Gasteiger partial charge is 0.425 e. The van der Waals surface area contributed by atoms with Gasteiger partial charge in [-0.3, -0.25) is 0 Å². The Morgan fingerprint density at radius 3 is 2.75 bits per heavy atom. The van der Waals surface area contributed by atoms with Gasteiger partial charge in [0.1, 0.15) is 0 Å². The molecular weight excluding hydrogens is 156 g/mol. The summed E-state index contributed by atoms with van der Waals surface area (Å²) >= 11 is 0. The number of rotatable bonds is 0. The Labute approximate surface area is 69.6 Å². The Hall–Kier alpha value is -1.35. The highest BCUT2D eigenvalue weighted by molar-refractivity contribution is 5.94. The molecule has 1 heterocycles. The van der Waals surface area contributed by atoms with Crippen molar-refractivity contribution in [3.05, 3.63) is 35.4 Å². The first kappa shape index (κ1) is 7.31. The van der Waals surface area contributed by atoms with Crippen LogP contribution in [0.1, 0.15) is 22.8 Å². The molecule has 0 fully saturated rings. The number of esters is 1. The normalized spacial score (nSPS) is 26.7.